The molecule has 0 unspecified atom stereocenters. The Morgan fingerprint density at radius 1 is 1.09 bits per heavy atom. The lowest BCUT2D eigenvalue weighted by atomic mass is 10.2. The van der Waals surface area contributed by atoms with Crippen LogP contribution in [0.5, 0.6) is 0 Å². The van der Waals surface area contributed by atoms with E-state index in [0.717, 1.165) is 22.2 Å². The minimum absolute atomic E-state index is 0.278. The van der Waals surface area contributed by atoms with Gasteiger partial charge in [0.2, 0.25) is 0 Å². The minimum atomic E-state index is -0.278. The molecule has 0 atom stereocenters. The summed E-state index contributed by atoms with van der Waals surface area (Å²) < 4.78 is 0. The van der Waals surface area contributed by atoms with Gasteiger partial charge in [0.25, 0.3) is 0 Å². The first-order valence-corrected chi connectivity index (χ1v) is 7.44. The summed E-state index contributed by atoms with van der Waals surface area (Å²) in [5.74, 6) is 0. The second-order valence-electron chi connectivity index (χ2n) is 4.80. The zero-order valence-electron chi connectivity index (χ0n) is 11.5. The van der Waals surface area contributed by atoms with Crippen LogP contribution < -0.4 is 10.6 Å². The molecule has 0 spiro atoms. The predicted octanol–water partition coefficient (Wildman–Crippen LogP) is 4.80. The number of carbonyl (C=O) groups excluding carboxylic acids is 1. The van der Waals surface area contributed by atoms with E-state index < -0.39 is 0 Å². The van der Waals surface area contributed by atoms with E-state index >= 15 is 0 Å². The molecule has 3 rings (SSSR count). The summed E-state index contributed by atoms with van der Waals surface area (Å²) in [6, 6.07) is 12.6. The van der Waals surface area contributed by atoms with Gasteiger partial charge in [-0.15, -0.1) is 0 Å². The highest BCUT2D eigenvalue weighted by atomic mass is 35.5. The standard InChI is InChI=1S/C16H13Cl2N3O/c17-12-5-4-10(8-13(12)18)9-20-16(22)21-15-3-1-2-14-11(15)6-7-19-14/h1-8,19H,9H2,(H2,20,21,22). The van der Waals surface area contributed by atoms with Gasteiger partial charge in [0.05, 0.1) is 15.7 Å². The molecule has 3 N–H and O–H groups in total. The summed E-state index contributed by atoms with van der Waals surface area (Å²) in [7, 11) is 0. The molecule has 0 fully saturated rings. The number of fused-ring (bicyclic) bond motifs is 1. The average molecular weight is 334 g/mol. The van der Waals surface area contributed by atoms with Crippen LogP contribution in [0.1, 0.15) is 5.56 Å². The molecular formula is C16H13Cl2N3O. The molecule has 0 aliphatic rings. The van der Waals surface area contributed by atoms with Crippen molar-refractivity contribution in [2.75, 3.05) is 5.32 Å². The van der Waals surface area contributed by atoms with Crippen molar-refractivity contribution in [2.45, 2.75) is 6.54 Å². The van der Waals surface area contributed by atoms with E-state index in [2.05, 4.69) is 15.6 Å². The number of aromatic amines is 1. The van der Waals surface area contributed by atoms with Gasteiger partial charge in [-0.05, 0) is 35.9 Å². The second kappa shape index (κ2) is 6.30. The topological polar surface area (TPSA) is 56.9 Å². The Labute approximate surface area is 137 Å². The maximum Gasteiger partial charge on any atom is 0.319 e. The Hall–Kier alpha value is -2.17. The SMILES string of the molecule is O=C(NCc1ccc(Cl)c(Cl)c1)Nc1cccc2[nH]ccc12. The lowest BCUT2D eigenvalue weighted by molar-refractivity contribution is 0.252. The van der Waals surface area contributed by atoms with E-state index in [4.69, 9.17) is 23.2 Å². The molecule has 0 bridgehead atoms. The number of anilines is 1. The summed E-state index contributed by atoms with van der Waals surface area (Å²) in [6.07, 6.45) is 1.84. The largest absolute Gasteiger partial charge is 0.361 e. The van der Waals surface area contributed by atoms with E-state index in [9.17, 15) is 4.79 Å². The van der Waals surface area contributed by atoms with Crippen LogP contribution in [0.15, 0.2) is 48.7 Å². The summed E-state index contributed by atoms with van der Waals surface area (Å²) in [5.41, 5.74) is 2.61. The van der Waals surface area contributed by atoms with Crippen molar-refractivity contribution in [3.05, 3.63) is 64.3 Å². The van der Waals surface area contributed by atoms with Gasteiger partial charge in [0, 0.05) is 23.6 Å². The monoisotopic (exact) mass is 333 g/mol. The molecule has 1 heterocycles. The number of rotatable bonds is 3. The van der Waals surface area contributed by atoms with E-state index in [0.29, 0.717) is 16.6 Å². The molecule has 0 saturated carbocycles. The van der Waals surface area contributed by atoms with Crippen LogP contribution in [0.25, 0.3) is 10.9 Å². The van der Waals surface area contributed by atoms with Gasteiger partial charge in [0.1, 0.15) is 0 Å². The van der Waals surface area contributed by atoms with Gasteiger partial charge in [-0.2, -0.15) is 0 Å². The molecular weight excluding hydrogens is 321 g/mol. The van der Waals surface area contributed by atoms with E-state index in [1.54, 1.807) is 12.1 Å². The normalized spacial score (nSPS) is 10.6. The zero-order valence-corrected chi connectivity index (χ0v) is 13.0. The molecule has 6 heteroatoms. The van der Waals surface area contributed by atoms with E-state index in [-0.39, 0.29) is 6.03 Å². The summed E-state index contributed by atoms with van der Waals surface area (Å²) in [6.45, 7) is 0.367. The second-order valence-corrected chi connectivity index (χ2v) is 5.62. The van der Waals surface area contributed by atoms with Crippen LogP contribution in [-0.2, 0) is 6.54 Å². The molecule has 2 amide bonds. The van der Waals surface area contributed by atoms with Gasteiger partial charge < -0.3 is 15.6 Å². The number of hydrogen-bond acceptors (Lipinski definition) is 1. The van der Waals surface area contributed by atoms with Crippen LogP contribution in [0, 0.1) is 0 Å². The fourth-order valence-electron chi connectivity index (χ4n) is 2.19. The first kappa shape index (κ1) is 14.8. The number of carbonyl (C=O) groups is 1. The lowest BCUT2D eigenvalue weighted by Crippen LogP contribution is -2.28. The first-order valence-electron chi connectivity index (χ1n) is 6.68. The number of nitrogens with one attached hydrogen (secondary N) is 3. The molecule has 4 nitrogen and oxygen atoms in total. The molecule has 112 valence electrons. The third-order valence-electron chi connectivity index (χ3n) is 3.28. The third kappa shape index (κ3) is 3.18. The molecule has 1 aromatic heterocycles. The van der Waals surface area contributed by atoms with Crippen molar-refractivity contribution in [3.8, 4) is 0 Å². The molecule has 0 aliphatic carbocycles. The van der Waals surface area contributed by atoms with Gasteiger partial charge in [-0.1, -0.05) is 35.3 Å². The van der Waals surface area contributed by atoms with Crippen LogP contribution in [-0.4, -0.2) is 11.0 Å². The maximum atomic E-state index is 12.0. The van der Waals surface area contributed by atoms with Crippen LogP contribution in [0.4, 0.5) is 10.5 Å². The number of halogens is 2. The Bertz CT molecular complexity index is 829. The van der Waals surface area contributed by atoms with Crippen molar-refractivity contribution >= 4 is 45.8 Å². The zero-order chi connectivity index (χ0) is 15.5. The molecule has 0 saturated heterocycles. The number of aromatic nitrogens is 1. The Kier molecular flexibility index (Phi) is 4.22. The third-order valence-corrected chi connectivity index (χ3v) is 4.02. The van der Waals surface area contributed by atoms with E-state index in [1.165, 1.54) is 0 Å². The minimum Gasteiger partial charge on any atom is -0.361 e. The van der Waals surface area contributed by atoms with Crippen molar-refractivity contribution in [1.82, 2.24) is 10.3 Å². The lowest BCUT2D eigenvalue weighted by Gasteiger charge is -2.09. The number of H-pyrrole nitrogens is 1. The van der Waals surface area contributed by atoms with Crippen LogP contribution >= 0.6 is 23.2 Å². The Balaban J connectivity index is 1.65. The van der Waals surface area contributed by atoms with Crippen molar-refractivity contribution in [2.24, 2.45) is 0 Å². The predicted molar refractivity (Wildman–Crippen MR) is 90.6 cm³/mol. The highest BCUT2D eigenvalue weighted by Gasteiger charge is 2.06. The highest BCUT2D eigenvalue weighted by molar-refractivity contribution is 6.42. The Morgan fingerprint density at radius 2 is 1.95 bits per heavy atom. The van der Waals surface area contributed by atoms with Crippen LogP contribution in [0.3, 0.4) is 0 Å². The van der Waals surface area contributed by atoms with Gasteiger partial charge >= 0.3 is 6.03 Å². The quantitative estimate of drug-likeness (QED) is 0.633. The summed E-state index contributed by atoms with van der Waals surface area (Å²) in [4.78, 5) is 15.1. The fourth-order valence-corrected chi connectivity index (χ4v) is 2.51. The first-order chi connectivity index (χ1) is 10.6. The van der Waals surface area contributed by atoms with Gasteiger partial charge in [0.15, 0.2) is 0 Å². The number of benzene rings is 2. The molecule has 2 aromatic carbocycles. The highest BCUT2D eigenvalue weighted by Crippen LogP contribution is 2.23. The average Bonchev–Trinajstić information content (AvgIpc) is 2.98. The Morgan fingerprint density at radius 3 is 2.77 bits per heavy atom. The van der Waals surface area contributed by atoms with E-state index in [1.807, 2.05) is 36.5 Å². The fraction of sp³-hybridized carbons (Fsp3) is 0.0625. The van der Waals surface area contributed by atoms with Gasteiger partial charge in [-0.25, -0.2) is 4.79 Å². The summed E-state index contributed by atoms with van der Waals surface area (Å²) in [5, 5.41) is 7.56. The molecule has 0 aliphatic heterocycles. The molecule has 22 heavy (non-hydrogen) atoms. The van der Waals surface area contributed by atoms with Crippen molar-refractivity contribution < 1.29 is 4.79 Å². The van der Waals surface area contributed by atoms with Crippen molar-refractivity contribution in [1.29, 1.82) is 0 Å². The smallest absolute Gasteiger partial charge is 0.319 e. The van der Waals surface area contributed by atoms with Crippen LogP contribution in [0.2, 0.25) is 10.0 Å². The molecule has 3 aromatic rings. The molecule has 0 radical (unpaired) electrons. The van der Waals surface area contributed by atoms with Crippen molar-refractivity contribution in [3.63, 3.8) is 0 Å². The number of amides is 2. The maximum absolute atomic E-state index is 12.0. The number of hydrogen-bond donors (Lipinski definition) is 3. The number of urea groups is 1. The van der Waals surface area contributed by atoms with Gasteiger partial charge in [-0.3, -0.25) is 0 Å². The summed E-state index contributed by atoms with van der Waals surface area (Å²) >= 11 is 11.8.